The quantitative estimate of drug-likeness (QED) is 0.660. The van der Waals surface area contributed by atoms with E-state index in [0.29, 0.717) is 17.3 Å². The number of benzene rings is 2. The van der Waals surface area contributed by atoms with E-state index in [9.17, 15) is 8.42 Å². The number of hydrogen-bond acceptors (Lipinski definition) is 7. The number of para-hydroxylation sites is 1. The highest BCUT2D eigenvalue weighted by Crippen LogP contribution is 2.29. The highest BCUT2D eigenvalue weighted by molar-refractivity contribution is 7.89. The van der Waals surface area contributed by atoms with Crippen LogP contribution in [0.25, 0.3) is 5.69 Å². The SMILES string of the molecule is COc1ccc(S(=O)(=O)NCc2nnnn2-c2ccccc2)cc1OC. The van der Waals surface area contributed by atoms with Crippen LogP contribution in [-0.4, -0.2) is 42.8 Å². The lowest BCUT2D eigenvalue weighted by Crippen LogP contribution is -2.25. The summed E-state index contributed by atoms with van der Waals surface area (Å²) in [5, 5.41) is 11.4. The van der Waals surface area contributed by atoms with E-state index in [1.54, 1.807) is 0 Å². The number of sulfonamides is 1. The molecule has 26 heavy (non-hydrogen) atoms. The van der Waals surface area contributed by atoms with E-state index in [0.717, 1.165) is 5.69 Å². The van der Waals surface area contributed by atoms with E-state index in [2.05, 4.69) is 20.2 Å². The maximum absolute atomic E-state index is 12.6. The van der Waals surface area contributed by atoms with Crippen molar-refractivity contribution in [2.45, 2.75) is 11.4 Å². The Balaban J connectivity index is 1.81. The highest BCUT2D eigenvalue weighted by atomic mass is 32.2. The Bertz CT molecular complexity index is 989. The molecular weight excluding hydrogens is 358 g/mol. The average Bonchev–Trinajstić information content (AvgIpc) is 3.15. The van der Waals surface area contributed by atoms with Crippen LogP contribution in [0.5, 0.6) is 11.5 Å². The minimum Gasteiger partial charge on any atom is -0.493 e. The number of tetrazole rings is 1. The molecule has 0 aliphatic carbocycles. The number of aromatic nitrogens is 4. The van der Waals surface area contributed by atoms with Gasteiger partial charge in [0, 0.05) is 6.07 Å². The number of hydrogen-bond donors (Lipinski definition) is 1. The summed E-state index contributed by atoms with van der Waals surface area (Å²) in [6.07, 6.45) is 0. The van der Waals surface area contributed by atoms with Crippen LogP contribution < -0.4 is 14.2 Å². The van der Waals surface area contributed by atoms with E-state index in [4.69, 9.17) is 9.47 Å². The van der Waals surface area contributed by atoms with Gasteiger partial charge in [0.2, 0.25) is 10.0 Å². The third-order valence-corrected chi connectivity index (χ3v) is 5.02. The van der Waals surface area contributed by atoms with E-state index in [1.165, 1.54) is 37.1 Å². The molecule has 0 bridgehead atoms. The number of nitrogens with one attached hydrogen (secondary N) is 1. The molecule has 0 atom stereocenters. The third-order valence-electron chi connectivity index (χ3n) is 3.62. The smallest absolute Gasteiger partial charge is 0.241 e. The molecule has 0 spiro atoms. The molecule has 1 N–H and O–H groups in total. The Labute approximate surface area is 150 Å². The maximum atomic E-state index is 12.6. The first-order valence-electron chi connectivity index (χ1n) is 7.59. The molecule has 0 saturated heterocycles. The fourth-order valence-corrected chi connectivity index (χ4v) is 3.31. The molecule has 0 unspecified atom stereocenters. The Kier molecular flexibility index (Phi) is 5.14. The van der Waals surface area contributed by atoms with Crippen molar-refractivity contribution in [3.63, 3.8) is 0 Å². The van der Waals surface area contributed by atoms with Crippen LogP contribution in [0.3, 0.4) is 0 Å². The van der Waals surface area contributed by atoms with Gasteiger partial charge in [0.05, 0.1) is 31.3 Å². The summed E-state index contributed by atoms with van der Waals surface area (Å²) < 4.78 is 39.3. The first kappa shape index (κ1) is 17.8. The second-order valence-corrected chi connectivity index (χ2v) is 6.95. The molecule has 0 aliphatic rings. The lowest BCUT2D eigenvalue weighted by molar-refractivity contribution is 0.354. The van der Waals surface area contributed by atoms with Gasteiger partial charge in [0.25, 0.3) is 0 Å². The summed E-state index contributed by atoms with van der Waals surface area (Å²) >= 11 is 0. The van der Waals surface area contributed by atoms with Crippen LogP contribution in [0.1, 0.15) is 5.82 Å². The van der Waals surface area contributed by atoms with Crippen LogP contribution >= 0.6 is 0 Å². The van der Waals surface area contributed by atoms with E-state index >= 15 is 0 Å². The van der Waals surface area contributed by atoms with Crippen molar-refractivity contribution in [3.8, 4) is 17.2 Å². The van der Waals surface area contributed by atoms with Crippen molar-refractivity contribution in [2.24, 2.45) is 0 Å². The van der Waals surface area contributed by atoms with Crippen molar-refractivity contribution in [2.75, 3.05) is 14.2 Å². The van der Waals surface area contributed by atoms with Gasteiger partial charge in [-0.25, -0.2) is 13.1 Å². The van der Waals surface area contributed by atoms with Gasteiger partial charge < -0.3 is 9.47 Å². The van der Waals surface area contributed by atoms with Gasteiger partial charge in [0.1, 0.15) is 0 Å². The molecule has 9 nitrogen and oxygen atoms in total. The zero-order valence-electron chi connectivity index (χ0n) is 14.2. The first-order valence-corrected chi connectivity index (χ1v) is 9.08. The van der Waals surface area contributed by atoms with Crippen LogP contribution in [0.15, 0.2) is 53.4 Å². The Morgan fingerprint density at radius 1 is 1.04 bits per heavy atom. The van der Waals surface area contributed by atoms with Gasteiger partial charge in [-0.1, -0.05) is 18.2 Å². The van der Waals surface area contributed by atoms with Crippen molar-refractivity contribution in [1.29, 1.82) is 0 Å². The third kappa shape index (κ3) is 3.65. The number of ether oxygens (including phenoxy) is 2. The molecule has 2 aromatic carbocycles. The molecule has 0 saturated carbocycles. The van der Waals surface area contributed by atoms with Gasteiger partial charge in [-0.15, -0.1) is 5.10 Å². The molecule has 136 valence electrons. The minimum atomic E-state index is -3.79. The molecule has 1 heterocycles. The number of nitrogens with zero attached hydrogens (tertiary/aromatic N) is 4. The number of rotatable bonds is 7. The summed E-state index contributed by atoms with van der Waals surface area (Å²) in [6, 6.07) is 13.6. The summed E-state index contributed by atoms with van der Waals surface area (Å²) in [5.41, 5.74) is 0.734. The molecule has 1 aromatic heterocycles. The summed E-state index contributed by atoms with van der Waals surface area (Å²) in [7, 11) is -0.867. The van der Waals surface area contributed by atoms with Gasteiger partial charge in [-0.3, -0.25) is 0 Å². The fraction of sp³-hybridized carbons (Fsp3) is 0.188. The Hall–Kier alpha value is -2.98. The normalized spacial score (nSPS) is 11.3. The van der Waals surface area contributed by atoms with Crippen LogP contribution in [-0.2, 0) is 16.6 Å². The standard InChI is InChI=1S/C16H17N5O4S/c1-24-14-9-8-13(10-15(14)25-2)26(22,23)17-11-16-18-19-20-21(16)12-6-4-3-5-7-12/h3-10,17H,11H2,1-2H3. The van der Waals surface area contributed by atoms with Crippen molar-refractivity contribution < 1.29 is 17.9 Å². The predicted molar refractivity (Wildman–Crippen MR) is 92.7 cm³/mol. The summed E-state index contributed by atoms with van der Waals surface area (Å²) in [6.45, 7) is -0.0709. The van der Waals surface area contributed by atoms with Crippen molar-refractivity contribution in [1.82, 2.24) is 24.9 Å². The first-order chi connectivity index (χ1) is 12.5. The molecule has 10 heteroatoms. The van der Waals surface area contributed by atoms with E-state index in [1.807, 2.05) is 30.3 Å². The average molecular weight is 375 g/mol. The van der Waals surface area contributed by atoms with Gasteiger partial charge in [0.15, 0.2) is 17.3 Å². The van der Waals surface area contributed by atoms with Crippen LogP contribution in [0.4, 0.5) is 0 Å². The Morgan fingerprint density at radius 2 is 1.77 bits per heavy atom. The second-order valence-electron chi connectivity index (χ2n) is 5.18. The topological polar surface area (TPSA) is 108 Å². The zero-order chi connectivity index (χ0) is 18.6. The molecule has 0 amide bonds. The van der Waals surface area contributed by atoms with Gasteiger partial charge in [-0.05, 0) is 34.7 Å². The lowest BCUT2D eigenvalue weighted by atomic mass is 10.3. The largest absolute Gasteiger partial charge is 0.493 e. The monoisotopic (exact) mass is 375 g/mol. The number of methoxy groups -OCH3 is 2. The van der Waals surface area contributed by atoms with Gasteiger partial charge in [-0.2, -0.15) is 4.68 Å². The molecule has 0 aliphatic heterocycles. The summed E-state index contributed by atoms with van der Waals surface area (Å²) in [4.78, 5) is 0.0499. The second kappa shape index (κ2) is 7.50. The zero-order valence-corrected chi connectivity index (χ0v) is 15.0. The van der Waals surface area contributed by atoms with E-state index < -0.39 is 10.0 Å². The predicted octanol–water partition coefficient (Wildman–Crippen LogP) is 1.16. The minimum absolute atomic E-state index is 0.0499. The molecule has 3 aromatic rings. The van der Waals surface area contributed by atoms with Crippen molar-refractivity contribution in [3.05, 3.63) is 54.4 Å². The molecule has 0 radical (unpaired) electrons. The lowest BCUT2D eigenvalue weighted by Gasteiger charge is -2.11. The molecule has 0 fully saturated rings. The maximum Gasteiger partial charge on any atom is 0.241 e. The van der Waals surface area contributed by atoms with Crippen LogP contribution in [0, 0.1) is 0 Å². The fourth-order valence-electron chi connectivity index (χ4n) is 2.31. The Morgan fingerprint density at radius 3 is 2.46 bits per heavy atom. The van der Waals surface area contributed by atoms with Gasteiger partial charge >= 0.3 is 0 Å². The van der Waals surface area contributed by atoms with E-state index in [-0.39, 0.29) is 11.4 Å². The molecule has 3 rings (SSSR count). The van der Waals surface area contributed by atoms with Crippen LogP contribution in [0.2, 0.25) is 0 Å². The highest BCUT2D eigenvalue weighted by Gasteiger charge is 2.18. The summed E-state index contributed by atoms with van der Waals surface area (Å²) in [5.74, 6) is 1.13. The van der Waals surface area contributed by atoms with Crippen molar-refractivity contribution >= 4 is 10.0 Å². The molecular formula is C16H17N5O4S.